The maximum atomic E-state index is 14.0. The van der Waals surface area contributed by atoms with Crippen LogP contribution in [0.5, 0.6) is 23.0 Å². The van der Waals surface area contributed by atoms with Crippen LogP contribution in [0.1, 0.15) is 21.5 Å². The number of methoxy groups -OCH3 is 5. The number of nitrogens with one attached hydrogen (secondary N) is 1. The molecule has 0 radical (unpaired) electrons. The normalized spacial score (nSPS) is 10.8. The highest BCUT2D eigenvalue weighted by Gasteiger charge is 2.24. The first-order valence-electron chi connectivity index (χ1n) is 14.0. The Hall–Kier alpha value is -4.70. The number of aromatic amines is 1. The summed E-state index contributed by atoms with van der Waals surface area (Å²) in [4.78, 5) is 34.2. The molecule has 0 atom stereocenters. The van der Waals surface area contributed by atoms with Crippen LogP contribution >= 0.6 is 0 Å². The molecule has 0 saturated heterocycles. The van der Waals surface area contributed by atoms with Crippen molar-refractivity contribution < 1.29 is 33.3 Å². The van der Waals surface area contributed by atoms with Crippen LogP contribution in [0.4, 0.5) is 0 Å². The van der Waals surface area contributed by atoms with Gasteiger partial charge in [-0.2, -0.15) is 0 Å². The van der Waals surface area contributed by atoms with E-state index in [1.54, 1.807) is 44.4 Å². The third-order valence-corrected chi connectivity index (χ3v) is 7.28. The molecule has 0 bridgehead atoms. The summed E-state index contributed by atoms with van der Waals surface area (Å²) in [5.41, 5.74) is 3.37. The van der Waals surface area contributed by atoms with E-state index < -0.39 is 0 Å². The van der Waals surface area contributed by atoms with Crippen LogP contribution in [-0.4, -0.2) is 88.4 Å². The van der Waals surface area contributed by atoms with Gasteiger partial charge in [-0.25, -0.2) is 0 Å². The molecule has 4 rings (SSSR count). The van der Waals surface area contributed by atoms with Gasteiger partial charge in [0.25, 0.3) is 5.91 Å². The van der Waals surface area contributed by atoms with E-state index in [0.717, 1.165) is 22.0 Å². The highest BCUT2D eigenvalue weighted by Crippen LogP contribution is 2.28. The summed E-state index contributed by atoms with van der Waals surface area (Å²) >= 11 is 0. The number of rotatable bonds is 15. The summed E-state index contributed by atoms with van der Waals surface area (Å²) in [5.74, 6) is 1.61. The van der Waals surface area contributed by atoms with Crippen molar-refractivity contribution in [2.45, 2.75) is 13.0 Å². The lowest BCUT2D eigenvalue weighted by Crippen LogP contribution is -2.44. The number of benzene rings is 3. The first-order valence-corrected chi connectivity index (χ1v) is 14.0. The van der Waals surface area contributed by atoms with Crippen LogP contribution in [-0.2, 0) is 22.5 Å². The minimum atomic E-state index is -0.328. The number of amides is 2. The van der Waals surface area contributed by atoms with Gasteiger partial charge >= 0.3 is 0 Å². The first kappa shape index (κ1) is 31.2. The maximum absolute atomic E-state index is 14.0. The van der Waals surface area contributed by atoms with Crippen LogP contribution in [0.25, 0.3) is 10.9 Å². The molecular weight excluding hydrogens is 550 g/mol. The topological polar surface area (TPSA) is 103 Å². The summed E-state index contributed by atoms with van der Waals surface area (Å²) in [6.07, 6.45) is 2.61. The molecule has 0 aliphatic rings. The number of nitrogens with zero attached hydrogens (tertiary/aromatic N) is 2. The van der Waals surface area contributed by atoms with Gasteiger partial charge in [0, 0.05) is 55.5 Å². The first-order chi connectivity index (χ1) is 20.9. The molecule has 2 amide bonds. The van der Waals surface area contributed by atoms with Gasteiger partial charge in [-0.3, -0.25) is 9.59 Å². The van der Waals surface area contributed by atoms with E-state index in [2.05, 4.69) is 11.1 Å². The lowest BCUT2D eigenvalue weighted by molar-refractivity contribution is -0.132. The molecule has 0 saturated carbocycles. The fourth-order valence-electron chi connectivity index (χ4n) is 4.92. The Morgan fingerprint density at radius 2 is 1.49 bits per heavy atom. The molecule has 1 N–H and O–H groups in total. The monoisotopic (exact) mass is 589 g/mol. The highest BCUT2D eigenvalue weighted by atomic mass is 16.5. The Labute approximate surface area is 252 Å². The second-order valence-corrected chi connectivity index (χ2v) is 9.93. The van der Waals surface area contributed by atoms with E-state index in [0.29, 0.717) is 48.1 Å². The number of hydrogen-bond donors (Lipinski definition) is 1. The number of aromatic nitrogens is 1. The minimum absolute atomic E-state index is 0.136. The van der Waals surface area contributed by atoms with Crippen molar-refractivity contribution in [2.24, 2.45) is 0 Å². The third kappa shape index (κ3) is 7.78. The Kier molecular flexibility index (Phi) is 10.9. The molecule has 1 aromatic heterocycles. The summed E-state index contributed by atoms with van der Waals surface area (Å²) in [6, 6.07) is 18.6. The number of hydrogen-bond acceptors (Lipinski definition) is 7. The maximum Gasteiger partial charge on any atom is 0.254 e. The molecule has 10 nitrogen and oxygen atoms in total. The van der Waals surface area contributed by atoms with Gasteiger partial charge in [0.2, 0.25) is 5.91 Å². The fraction of sp³-hybridized carbons (Fsp3) is 0.333. The summed E-state index contributed by atoms with van der Waals surface area (Å²) < 4.78 is 26.9. The quantitative estimate of drug-likeness (QED) is 0.217. The van der Waals surface area contributed by atoms with Crippen LogP contribution < -0.4 is 18.9 Å². The average Bonchev–Trinajstić information content (AvgIpc) is 3.46. The summed E-state index contributed by atoms with van der Waals surface area (Å²) in [7, 11) is 7.76. The van der Waals surface area contributed by atoms with Gasteiger partial charge in [0.05, 0.1) is 35.0 Å². The summed E-state index contributed by atoms with van der Waals surface area (Å²) in [6.45, 7) is 1.12. The Balaban J connectivity index is 1.61. The Morgan fingerprint density at radius 3 is 2.16 bits per heavy atom. The van der Waals surface area contributed by atoms with E-state index in [1.165, 1.54) is 19.1 Å². The molecule has 0 spiro atoms. The average molecular weight is 590 g/mol. The van der Waals surface area contributed by atoms with Crippen molar-refractivity contribution in [2.75, 3.05) is 61.8 Å². The second-order valence-electron chi connectivity index (χ2n) is 9.93. The lowest BCUT2D eigenvalue weighted by Gasteiger charge is -2.28. The SMILES string of the molecule is COCCN(CC(=O)N(CCc1c[nH]c2ccccc12)Cc1ccc(OC)c(OC)c1)C(=O)c1cc(OC)cc(OC)c1. The van der Waals surface area contributed by atoms with Crippen molar-refractivity contribution >= 4 is 22.7 Å². The summed E-state index contributed by atoms with van der Waals surface area (Å²) in [5, 5.41) is 1.12. The standard InChI is InChI=1S/C33H39N3O7/c1-39-15-14-36(33(38)25-17-26(40-2)19-27(18-25)41-3)22-32(37)35(21-23-10-11-30(42-4)31(16-23)43-5)13-12-24-20-34-29-9-7-6-8-28(24)29/h6-11,16-20,34H,12-15,21-22H2,1-5H3. The van der Waals surface area contributed by atoms with Crippen LogP contribution in [0.2, 0.25) is 0 Å². The van der Waals surface area contributed by atoms with Crippen LogP contribution in [0.3, 0.4) is 0 Å². The molecular formula is C33H39N3O7. The molecule has 10 heteroatoms. The van der Waals surface area contributed by atoms with Gasteiger partial charge in [0.15, 0.2) is 11.5 Å². The molecule has 0 unspecified atom stereocenters. The zero-order valence-corrected chi connectivity index (χ0v) is 25.3. The van der Waals surface area contributed by atoms with Crippen molar-refractivity contribution in [1.82, 2.24) is 14.8 Å². The van der Waals surface area contributed by atoms with E-state index in [-0.39, 0.29) is 31.5 Å². The zero-order chi connectivity index (χ0) is 30.8. The third-order valence-electron chi connectivity index (χ3n) is 7.28. The van der Waals surface area contributed by atoms with E-state index in [4.69, 9.17) is 23.7 Å². The number of carbonyl (C=O) groups excluding carboxylic acids is 2. The molecule has 0 aliphatic heterocycles. The molecule has 43 heavy (non-hydrogen) atoms. The molecule has 0 fully saturated rings. The van der Waals surface area contributed by atoms with Crippen LogP contribution in [0.15, 0.2) is 66.9 Å². The predicted molar refractivity (Wildman–Crippen MR) is 164 cm³/mol. The predicted octanol–water partition coefficient (Wildman–Crippen LogP) is 4.56. The number of fused-ring (bicyclic) bond motifs is 1. The van der Waals surface area contributed by atoms with Crippen molar-refractivity contribution in [3.05, 3.63) is 83.6 Å². The fourth-order valence-corrected chi connectivity index (χ4v) is 4.92. The number of carbonyl (C=O) groups is 2. The molecule has 4 aromatic rings. The highest BCUT2D eigenvalue weighted by molar-refractivity contribution is 5.97. The smallest absolute Gasteiger partial charge is 0.254 e. The van der Waals surface area contributed by atoms with Crippen molar-refractivity contribution in [1.29, 1.82) is 0 Å². The van der Waals surface area contributed by atoms with Crippen LogP contribution in [0, 0.1) is 0 Å². The number of para-hydroxylation sites is 1. The number of H-pyrrole nitrogens is 1. The van der Waals surface area contributed by atoms with Gasteiger partial charge in [-0.15, -0.1) is 0 Å². The van der Waals surface area contributed by atoms with Crippen molar-refractivity contribution in [3.8, 4) is 23.0 Å². The van der Waals surface area contributed by atoms with Gasteiger partial charge in [0.1, 0.15) is 18.0 Å². The minimum Gasteiger partial charge on any atom is -0.497 e. The molecule has 3 aromatic carbocycles. The molecule has 1 heterocycles. The zero-order valence-electron chi connectivity index (χ0n) is 25.3. The van der Waals surface area contributed by atoms with E-state index in [1.807, 2.05) is 42.6 Å². The molecule has 0 aliphatic carbocycles. The van der Waals surface area contributed by atoms with Gasteiger partial charge in [-0.05, 0) is 47.9 Å². The lowest BCUT2D eigenvalue weighted by atomic mass is 10.1. The van der Waals surface area contributed by atoms with Gasteiger partial charge in [-0.1, -0.05) is 24.3 Å². The second kappa shape index (κ2) is 15.0. The molecule has 228 valence electrons. The number of ether oxygens (including phenoxy) is 5. The van der Waals surface area contributed by atoms with E-state index in [9.17, 15) is 9.59 Å². The Bertz CT molecular complexity index is 1510. The van der Waals surface area contributed by atoms with E-state index >= 15 is 0 Å². The van der Waals surface area contributed by atoms with Gasteiger partial charge < -0.3 is 38.5 Å². The largest absolute Gasteiger partial charge is 0.497 e. The Morgan fingerprint density at radius 1 is 0.767 bits per heavy atom. The van der Waals surface area contributed by atoms with Crippen molar-refractivity contribution in [3.63, 3.8) is 0 Å².